The molecule has 0 bridgehead atoms. The van der Waals surface area contributed by atoms with Crippen molar-refractivity contribution in [3.05, 3.63) is 0 Å². The number of nitrogens with zero attached hydrogens (tertiary/aromatic N) is 5. The number of rotatable bonds is 7. The van der Waals surface area contributed by atoms with Crippen molar-refractivity contribution >= 4 is 17.8 Å². The first-order valence-corrected chi connectivity index (χ1v) is 7.00. The number of aromatic nitrogens is 3. The lowest BCUT2D eigenvalue weighted by Gasteiger charge is -2.23. The van der Waals surface area contributed by atoms with Crippen LogP contribution in [-0.4, -0.2) is 49.2 Å². The predicted octanol–water partition coefficient (Wildman–Crippen LogP) is 1.61. The summed E-state index contributed by atoms with van der Waals surface area (Å²) in [7, 11) is 5.73. The first kappa shape index (κ1) is 13.8. The van der Waals surface area contributed by atoms with Crippen LogP contribution in [0, 0.1) is 5.92 Å². The summed E-state index contributed by atoms with van der Waals surface area (Å²) in [5.41, 5.74) is 0. The van der Waals surface area contributed by atoms with E-state index in [1.54, 1.807) is 0 Å². The molecule has 0 atom stereocenters. The molecular formula is C13H24N6. The highest BCUT2D eigenvalue weighted by Crippen LogP contribution is 2.31. The summed E-state index contributed by atoms with van der Waals surface area (Å²) in [6, 6.07) is 0. The van der Waals surface area contributed by atoms with Crippen molar-refractivity contribution in [3.63, 3.8) is 0 Å². The Morgan fingerprint density at radius 1 is 1.16 bits per heavy atom. The third-order valence-electron chi connectivity index (χ3n) is 3.19. The van der Waals surface area contributed by atoms with Gasteiger partial charge in [0.1, 0.15) is 0 Å². The molecular weight excluding hydrogens is 240 g/mol. The van der Waals surface area contributed by atoms with Crippen LogP contribution in [0.2, 0.25) is 0 Å². The van der Waals surface area contributed by atoms with Gasteiger partial charge in [-0.2, -0.15) is 15.0 Å². The van der Waals surface area contributed by atoms with Crippen LogP contribution in [0.1, 0.15) is 26.2 Å². The Kier molecular flexibility index (Phi) is 4.39. The minimum atomic E-state index is 0.630. The van der Waals surface area contributed by atoms with Gasteiger partial charge >= 0.3 is 0 Å². The molecule has 1 aromatic rings. The van der Waals surface area contributed by atoms with Crippen molar-refractivity contribution in [2.24, 2.45) is 5.92 Å². The van der Waals surface area contributed by atoms with Crippen LogP contribution < -0.4 is 15.1 Å². The van der Waals surface area contributed by atoms with Gasteiger partial charge in [-0.05, 0) is 25.2 Å². The van der Waals surface area contributed by atoms with Gasteiger partial charge in [-0.3, -0.25) is 0 Å². The van der Waals surface area contributed by atoms with Crippen molar-refractivity contribution in [1.29, 1.82) is 0 Å². The summed E-state index contributed by atoms with van der Waals surface area (Å²) in [5, 5.41) is 3.01. The van der Waals surface area contributed by atoms with E-state index in [4.69, 9.17) is 0 Å². The molecule has 1 fully saturated rings. The molecule has 0 radical (unpaired) electrons. The van der Waals surface area contributed by atoms with Crippen molar-refractivity contribution in [2.75, 3.05) is 49.3 Å². The third-order valence-corrected chi connectivity index (χ3v) is 3.19. The van der Waals surface area contributed by atoms with Gasteiger partial charge in [0.15, 0.2) is 0 Å². The van der Waals surface area contributed by atoms with E-state index in [1.165, 1.54) is 12.8 Å². The van der Waals surface area contributed by atoms with Gasteiger partial charge in [0.05, 0.1) is 0 Å². The Balaban J connectivity index is 2.25. The highest BCUT2D eigenvalue weighted by Gasteiger charge is 2.25. The van der Waals surface area contributed by atoms with Gasteiger partial charge in [0.2, 0.25) is 17.8 Å². The summed E-state index contributed by atoms with van der Waals surface area (Å²) in [6.07, 6.45) is 3.78. The molecule has 106 valence electrons. The first-order valence-electron chi connectivity index (χ1n) is 7.00. The molecule has 1 aliphatic rings. The number of nitrogens with one attached hydrogen (secondary N) is 1. The van der Waals surface area contributed by atoms with Crippen LogP contribution in [0.25, 0.3) is 0 Å². The Morgan fingerprint density at radius 3 is 2.37 bits per heavy atom. The van der Waals surface area contributed by atoms with E-state index < -0.39 is 0 Å². The topological polar surface area (TPSA) is 57.2 Å². The minimum absolute atomic E-state index is 0.630. The van der Waals surface area contributed by atoms with Gasteiger partial charge in [0, 0.05) is 34.2 Å². The third kappa shape index (κ3) is 3.68. The zero-order valence-electron chi connectivity index (χ0n) is 12.3. The maximum absolute atomic E-state index is 4.57. The molecule has 0 saturated heterocycles. The smallest absolute Gasteiger partial charge is 0.231 e. The molecule has 1 heterocycles. The van der Waals surface area contributed by atoms with Gasteiger partial charge in [-0.15, -0.1) is 0 Å². The van der Waals surface area contributed by atoms with Crippen molar-refractivity contribution < 1.29 is 0 Å². The highest BCUT2D eigenvalue weighted by molar-refractivity contribution is 5.44. The lowest BCUT2D eigenvalue weighted by Crippen LogP contribution is -2.29. The fourth-order valence-corrected chi connectivity index (χ4v) is 1.96. The average Bonchev–Trinajstić information content (AvgIpc) is 3.21. The summed E-state index contributed by atoms with van der Waals surface area (Å²) in [5.74, 6) is 2.94. The second-order valence-corrected chi connectivity index (χ2v) is 5.29. The van der Waals surface area contributed by atoms with Crippen LogP contribution >= 0.6 is 0 Å². The van der Waals surface area contributed by atoms with Crippen LogP contribution in [0.5, 0.6) is 0 Å². The molecule has 1 saturated carbocycles. The maximum Gasteiger partial charge on any atom is 0.231 e. The monoisotopic (exact) mass is 264 g/mol. The molecule has 1 aliphatic carbocycles. The molecule has 0 aliphatic heterocycles. The van der Waals surface area contributed by atoms with Gasteiger partial charge < -0.3 is 15.1 Å². The maximum atomic E-state index is 4.57. The second kappa shape index (κ2) is 6.04. The van der Waals surface area contributed by atoms with Gasteiger partial charge in [-0.25, -0.2) is 0 Å². The van der Waals surface area contributed by atoms with Crippen LogP contribution in [0.3, 0.4) is 0 Å². The second-order valence-electron chi connectivity index (χ2n) is 5.29. The van der Waals surface area contributed by atoms with E-state index in [1.807, 2.05) is 26.0 Å². The fourth-order valence-electron chi connectivity index (χ4n) is 1.96. The molecule has 6 heteroatoms. The minimum Gasteiger partial charge on any atom is -0.357 e. The highest BCUT2D eigenvalue weighted by atomic mass is 15.3. The lowest BCUT2D eigenvalue weighted by molar-refractivity contribution is 0.685. The van der Waals surface area contributed by atoms with Crippen molar-refractivity contribution in [2.45, 2.75) is 26.2 Å². The van der Waals surface area contributed by atoms with E-state index in [2.05, 4.69) is 32.1 Å². The molecule has 0 spiro atoms. The van der Waals surface area contributed by atoms with E-state index in [-0.39, 0.29) is 0 Å². The summed E-state index contributed by atoms with van der Waals surface area (Å²) in [6.45, 7) is 4.25. The van der Waals surface area contributed by atoms with Gasteiger partial charge in [0.25, 0.3) is 0 Å². The average molecular weight is 264 g/mol. The van der Waals surface area contributed by atoms with Crippen molar-refractivity contribution in [1.82, 2.24) is 15.0 Å². The molecule has 0 unspecified atom stereocenters. The van der Waals surface area contributed by atoms with Crippen LogP contribution in [0.15, 0.2) is 0 Å². The number of hydrogen-bond acceptors (Lipinski definition) is 6. The zero-order valence-corrected chi connectivity index (χ0v) is 12.3. The van der Waals surface area contributed by atoms with Crippen molar-refractivity contribution in [3.8, 4) is 0 Å². The summed E-state index contributed by atoms with van der Waals surface area (Å²) < 4.78 is 0. The molecule has 1 N–H and O–H groups in total. The van der Waals surface area contributed by atoms with Gasteiger partial charge in [-0.1, -0.05) is 6.92 Å². The lowest BCUT2D eigenvalue weighted by atomic mass is 10.3. The summed E-state index contributed by atoms with van der Waals surface area (Å²) >= 11 is 0. The number of hydrogen-bond donors (Lipinski definition) is 1. The Labute approximate surface area is 115 Å². The molecule has 19 heavy (non-hydrogen) atoms. The first-order chi connectivity index (χ1) is 9.13. The fraction of sp³-hybridized carbons (Fsp3) is 0.769. The van der Waals surface area contributed by atoms with E-state index >= 15 is 0 Å². The molecule has 0 amide bonds. The Hall–Kier alpha value is -1.59. The SMILES string of the molecule is CCCN(CC1CC1)c1nc(NC)nc(N(C)C)n1. The van der Waals surface area contributed by atoms with E-state index in [0.29, 0.717) is 11.9 Å². The largest absolute Gasteiger partial charge is 0.357 e. The standard InChI is InChI=1S/C13H24N6/c1-5-8-19(9-10-6-7-10)13-16-11(14-2)15-12(17-13)18(3)4/h10H,5-9H2,1-4H3,(H,14,15,16,17). The van der Waals surface area contributed by atoms with Crippen LogP contribution in [0.4, 0.5) is 17.8 Å². The Bertz CT molecular complexity index is 416. The van der Waals surface area contributed by atoms with Crippen LogP contribution in [-0.2, 0) is 0 Å². The quantitative estimate of drug-likeness (QED) is 0.807. The molecule has 0 aromatic carbocycles. The zero-order chi connectivity index (χ0) is 13.8. The molecule has 1 aromatic heterocycles. The normalized spacial score (nSPS) is 14.3. The number of anilines is 3. The Morgan fingerprint density at radius 2 is 1.84 bits per heavy atom. The molecule has 2 rings (SSSR count). The van der Waals surface area contributed by atoms with E-state index in [9.17, 15) is 0 Å². The summed E-state index contributed by atoms with van der Waals surface area (Å²) in [4.78, 5) is 17.6. The molecule has 6 nitrogen and oxygen atoms in total. The predicted molar refractivity (Wildman–Crippen MR) is 78.9 cm³/mol. The van der Waals surface area contributed by atoms with E-state index in [0.717, 1.165) is 31.4 Å².